The number of hydrogen-bond donors (Lipinski definition) is 1. The Labute approximate surface area is 197 Å². The van der Waals surface area contributed by atoms with Gasteiger partial charge in [-0.1, -0.05) is 47.0 Å². The number of hydrogen-bond acceptors (Lipinski definition) is 5. The van der Waals surface area contributed by atoms with Crippen LogP contribution in [0.3, 0.4) is 0 Å². The second-order valence-corrected chi connectivity index (χ2v) is 9.33. The van der Waals surface area contributed by atoms with Crippen molar-refractivity contribution in [2.24, 2.45) is 5.10 Å². The normalized spacial score (nSPS) is 11.5. The molecule has 168 valence electrons. The van der Waals surface area contributed by atoms with Crippen LogP contribution in [-0.2, 0) is 16.6 Å². The van der Waals surface area contributed by atoms with Crippen molar-refractivity contribution in [3.05, 3.63) is 87.4 Å². The minimum absolute atomic E-state index is 0.139. The van der Waals surface area contributed by atoms with Crippen LogP contribution in [0.2, 0.25) is 10.0 Å². The van der Waals surface area contributed by atoms with E-state index in [1.165, 1.54) is 18.3 Å². The summed E-state index contributed by atoms with van der Waals surface area (Å²) in [6.45, 7) is 4.41. The lowest BCUT2D eigenvalue weighted by Crippen LogP contribution is -2.18. The van der Waals surface area contributed by atoms with Gasteiger partial charge in [0.2, 0.25) is 0 Å². The van der Waals surface area contributed by atoms with Crippen LogP contribution in [0.25, 0.3) is 0 Å². The average Bonchev–Trinajstić information content (AvgIpc) is 2.74. The predicted molar refractivity (Wildman–Crippen MR) is 127 cm³/mol. The van der Waals surface area contributed by atoms with Crippen LogP contribution in [0.4, 0.5) is 0 Å². The van der Waals surface area contributed by atoms with Crippen molar-refractivity contribution < 1.29 is 17.9 Å². The van der Waals surface area contributed by atoms with Gasteiger partial charge in [-0.3, -0.25) is 0 Å². The molecular formula is C23H22Cl2N2O4S. The van der Waals surface area contributed by atoms with Crippen LogP contribution in [0.1, 0.15) is 23.6 Å². The van der Waals surface area contributed by atoms with Gasteiger partial charge >= 0.3 is 0 Å². The summed E-state index contributed by atoms with van der Waals surface area (Å²) < 4.78 is 36.2. The van der Waals surface area contributed by atoms with Crippen LogP contribution < -0.4 is 14.3 Å². The summed E-state index contributed by atoms with van der Waals surface area (Å²) in [5, 5.41) is 4.93. The van der Waals surface area contributed by atoms with Gasteiger partial charge in [-0.15, -0.1) is 0 Å². The molecule has 0 aromatic heterocycles. The maximum Gasteiger partial charge on any atom is 0.276 e. The number of nitrogens with zero attached hydrogens (tertiary/aromatic N) is 1. The summed E-state index contributed by atoms with van der Waals surface area (Å²) in [7, 11) is -3.75. The number of ether oxygens (including phenoxy) is 2. The molecule has 0 heterocycles. The molecule has 1 N–H and O–H groups in total. The third-order valence-corrected chi connectivity index (χ3v) is 6.21. The maximum absolute atomic E-state index is 12.3. The molecule has 0 atom stereocenters. The highest BCUT2D eigenvalue weighted by molar-refractivity contribution is 7.89. The Kier molecular flexibility index (Phi) is 8.01. The Bertz CT molecular complexity index is 1210. The topological polar surface area (TPSA) is 77.0 Å². The molecule has 0 saturated heterocycles. The lowest BCUT2D eigenvalue weighted by Gasteiger charge is -2.13. The second-order valence-electron chi connectivity index (χ2n) is 6.83. The summed E-state index contributed by atoms with van der Waals surface area (Å²) >= 11 is 12.1. The number of nitrogens with one attached hydrogen (secondary N) is 1. The van der Waals surface area contributed by atoms with Gasteiger partial charge in [-0.25, -0.2) is 4.83 Å². The maximum atomic E-state index is 12.3. The molecule has 0 spiro atoms. The molecule has 0 radical (unpaired) electrons. The first-order chi connectivity index (χ1) is 15.3. The van der Waals surface area contributed by atoms with Crippen molar-refractivity contribution in [1.82, 2.24) is 4.83 Å². The summed E-state index contributed by atoms with van der Waals surface area (Å²) in [6, 6.07) is 16.9. The number of aryl methyl sites for hydroxylation is 1. The van der Waals surface area contributed by atoms with Gasteiger partial charge in [0, 0.05) is 15.6 Å². The van der Waals surface area contributed by atoms with Crippen molar-refractivity contribution in [3.63, 3.8) is 0 Å². The monoisotopic (exact) mass is 492 g/mol. The van der Waals surface area contributed by atoms with E-state index in [1.807, 2.05) is 13.8 Å². The zero-order valence-electron chi connectivity index (χ0n) is 17.5. The molecule has 32 heavy (non-hydrogen) atoms. The molecule has 0 unspecified atom stereocenters. The number of rotatable bonds is 9. The summed E-state index contributed by atoms with van der Waals surface area (Å²) in [4.78, 5) is 2.35. The van der Waals surface area contributed by atoms with Crippen molar-refractivity contribution in [1.29, 1.82) is 0 Å². The third kappa shape index (κ3) is 6.38. The first kappa shape index (κ1) is 23.9. The van der Waals surface area contributed by atoms with E-state index in [9.17, 15) is 8.42 Å². The highest BCUT2D eigenvalue weighted by atomic mass is 35.5. The van der Waals surface area contributed by atoms with Crippen LogP contribution in [0, 0.1) is 6.92 Å². The van der Waals surface area contributed by atoms with E-state index in [4.69, 9.17) is 32.7 Å². The molecule has 0 amide bonds. The van der Waals surface area contributed by atoms with Crippen molar-refractivity contribution in [2.75, 3.05) is 6.61 Å². The standard InChI is InChI=1S/C23H22Cl2N2O4S/c1-3-30-23-12-17(14-26-27-32(28,29)20-9-4-16(2)5-10-20)6-11-22(23)31-15-18-7-8-19(24)13-21(18)25/h4-14,27H,3,15H2,1-2H3. The molecule has 0 aliphatic carbocycles. The van der Waals surface area contributed by atoms with E-state index >= 15 is 0 Å². The van der Waals surface area contributed by atoms with E-state index < -0.39 is 10.0 Å². The fourth-order valence-corrected chi connectivity index (χ4v) is 3.98. The first-order valence-corrected chi connectivity index (χ1v) is 12.0. The average molecular weight is 493 g/mol. The van der Waals surface area contributed by atoms with Gasteiger partial charge < -0.3 is 9.47 Å². The Morgan fingerprint density at radius 2 is 1.72 bits per heavy atom. The van der Waals surface area contributed by atoms with Crippen molar-refractivity contribution in [2.45, 2.75) is 25.3 Å². The SMILES string of the molecule is CCOc1cc(C=NNS(=O)(=O)c2ccc(C)cc2)ccc1OCc1ccc(Cl)cc1Cl. The quantitative estimate of drug-likeness (QED) is 0.311. The number of hydrazone groups is 1. The second kappa shape index (κ2) is 10.7. The van der Waals surface area contributed by atoms with Crippen LogP contribution in [0.5, 0.6) is 11.5 Å². The van der Waals surface area contributed by atoms with Crippen molar-refractivity contribution >= 4 is 39.4 Å². The van der Waals surface area contributed by atoms with Gasteiger partial charge in [-0.05, 0) is 61.9 Å². The fraction of sp³-hybridized carbons (Fsp3) is 0.174. The summed E-state index contributed by atoms with van der Waals surface area (Å²) in [5.41, 5.74) is 2.39. The number of halogens is 2. The third-order valence-electron chi connectivity index (χ3n) is 4.38. The minimum atomic E-state index is -3.75. The van der Waals surface area contributed by atoms with Gasteiger partial charge in [-0.2, -0.15) is 13.5 Å². The summed E-state index contributed by atoms with van der Waals surface area (Å²) in [6.07, 6.45) is 1.40. The van der Waals surface area contributed by atoms with E-state index in [1.54, 1.807) is 48.5 Å². The van der Waals surface area contributed by atoms with E-state index in [2.05, 4.69) is 9.93 Å². The lowest BCUT2D eigenvalue weighted by atomic mass is 10.2. The Hall–Kier alpha value is -2.74. The molecule has 3 aromatic rings. The molecule has 3 rings (SSSR count). The Morgan fingerprint density at radius 1 is 0.969 bits per heavy atom. The van der Waals surface area contributed by atoms with Gasteiger partial charge in [0.05, 0.1) is 17.7 Å². The largest absolute Gasteiger partial charge is 0.490 e. The van der Waals surface area contributed by atoms with Gasteiger partial charge in [0.25, 0.3) is 10.0 Å². The van der Waals surface area contributed by atoms with E-state index in [-0.39, 0.29) is 11.5 Å². The zero-order valence-corrected chi connectivity index (χ0v) is 19.8. The first-order valence-electron chi connectivity index (χ1n) is 9.73. The molecule has 0 bridgehead atoms. The van der Waals surface area contributed by atoms with E-state index in [0.29, 0.717) is 33.7 Å². The van der Waals surface area contributed by atoms with Crippen LogP contribution >= 0.6 is 23.2 Å². The van der Waals surface area contributed by atoms with Crippen molar-refractivity contribution in [3.8, 4) is 11.5 Å². The highest BCUT2D eigenvalue weighted by Crippen LogP contribution is 2.30. The molecular weight excluding hydrogens is 471 g/mol. The molecule has 0 saturated carbocycles. The smallest absolute Gasteiger partial charge is 0.276 e. The molecule has 3 aromatic carbocycles. The van der Waals surface area contributed by atoms with E-state index in [0.717, 1.165) is 11.1 Å². The van der Waals surface area contributed by atoms with Gasteiger partial charge in [0.15, 0.2) is 11.5 Å². The Morgan fingerprint density at radius 3 is 2.41 bits per heavy atom. The number of sulfonamides is 1. The molecule has 0 aliphatic heterocycles. The van der Waals surface area contributed by atoms with Crippen LogP contribution in [0.15, 0.2) is 70.7 Å². The highest BCUT2D eigenvalue weighted by Gasteiger charge is 2.12. The lowest BCUT2D eigenvalue weighted by molar-refractivity contribution is 0.269. The van der Waals surface area contributed by atoms with Crippen LogP contribution in [-0.4, -0.2) is 21.2 Å². The molecule has 0 aliphatic rings. The fourth-order valence-electron chi connectivity index (χ4n) is 2.73. The van der Waals surface area contributed by atoms with Gasteiger partial charge in [0.1, 0.15) is 6.61 Å². The Balaban J connectivity index is 1.71. The predicted octanol–water partition coefficient (Wildman–Crippen LogP) is 5.59. The summed E-state index contributed by atoms with van der Waals surface area (Å²) in [5.74, 6) is 1.03. The minimum Gasteiger partial charge on any atom is -0.490 e. The molecule has 0 fully saturated rings. The number of benzene rings is 3. The molecule has 9 heteroatoms. The molecule has 6 nitrogen and oxygen atoms in total. The zero-order chi connectivity index (χ0) is 23.1.